The third-order valence-corrected chi connectivity index (χ3v) is 3.50. The van der Waals surface area contributed by atoms with Gasteiger partial charge in [-0.2, -0.15) is 0 Å². The highest BCUT2D eigenvalue weighted by atomic mass is 16.5. The molecule has 1 fully saturated rings. The molecule has 0 aromatic heterocycles. The quantitative estimate of drug-likeness (QED) is 0.810. The molecule has 0 spiro atoms. The molecule has 1 aliphatic heterocycles. The summed E-state index contributed by atoms with van der Waals surface area (Å²) in [6, 6.07) is 10.6. The van der Waals surface area contributed by atoms with E-state index in [-0.39, 0.29) is 5.41 Å². The Morgan fingerprint density at radius 2 is 2.00 bits per heavy atom. The fraction of sp³-hybridized carbons (Fsp3) is 0.571. The molecule has 0 saturated carbocycles. The molecule has 0 aliphatic carbocycles. The van der Waals surface area contributed by atoms with Crippen molar-refractivity contribution in [1.29, 1.82) is 0 Å². The van der Waals surface area contributed by atoms with Crippen LogP contribution in [-0.4, -0.2) is 37.7 Å². The van der Waals surface area contributed by atoms with Crippen LogP contribution in [0.2, 0.25) is 0 Å². The number of rotatable bonds is 6. The molecule has 1 aromatic rings. The number of ether oxygens (including phenoxy) is 1. The molecule has 94 valence electrons. The van der Waals surface area contributed by atoms with Crippen molar-refractivity contribution in [2.45, 2.75) is 13.5 Å². The number of benzene rings is 1. The minimum absolute atomic E-state index is 0.199. The van der Waals surface area contributed by atoms with Gasteiger partial charge in [-0.3, -0.25) is 4.90 Å². The summed E-state index contributed by atoms with van der Waals surface area (Å²) in [6.07, 6.45) is 0. The molecule has 3 heteroatoms. The SMILES string of the molecule is CCN(Cc1ccccc1)CC1(CN)COC1. The minimum Gasteiger partial charge on any atom is -0.380 e. The van der Waals surface area contributed by atoms with Gasteiger partial charge >= 0.3 is 0 Å². The maximum atomic E-state index is 5.86. The standard InChI is InChI=1S/C14H22N2O/c1-2-16(8-13-6-4-3-5-7-13)10-14(9-15)11-17-12-14/h3-7H,2,8-12,15H2,1H3. The lowest BCUT2D eigenvalue weighted by Gasteiger charge is -2.43. The Balaban J connectivity index is 1.93. The fourth-order valence-corrected chi connectivity index (χ4v) is 2.26. The molecular formula is C14H22N2O. The van der Waals surface area contributed by atoms with Crippen LogP contribution < -0.4 is 5.73 Å². The number of hydrogen-bond acceptors (Lipinski definition) is 3. The molecule has 2 rings (SSSR count). The highest BCUT2D eigenvalue weighted by molar-refractivity contribution is 5.14. The predicted octanol–water partition coefficient (Wildman–Crippen LogP) is 1.48. The Morgan fingerprint density at radius 1 is 1.29 bits per heavy atom. The summed E-state index contributed by atoms with van der Waals surface area (Å²) in [5, 5.41) is 0. The van der Waals surface area contributed by atoms with Crippen molar-refractivity contribution in [3.8, 4) is 0 Å². The van der Waals surface area contributed by atoms with Crippen LogP contribution in [0.4, 0.5) is 0 Å². The second-order valence-electron chi connectivity index (χ2n) is 4.99. The first-order chi connectivity index (χ1) is 8.28. The predicted molar refractivity (Wildman–Crippen MR) is 69.7 cm³/mol. The molecule has 0 unspecified atom stereocenters. The Morgan fingerprint density at radius 3 is 2.47 bits per heavy atom. The maximum absolute atomic E-state index is 5.86. The number of hydrogen-bond donors (Lipinski definition) is 1. The summed E-state index contributed by atoms with van der Waals surface area (Å²) in [5.74, 6) is 0. The van der Waals surface area contributed by atoms with E-state index in [9.17, 15) is 0 Å². The zero-order valence-electron chi connectivity index (χ0n) is 10.6. The average molecular weight is 234 g/mol. The zero-order chi connectivity index (χ0) is 12.1. The minimum atomic E-state index is 0.199. The zero-order valence-corrected chi connectivity index (χ0v) is 10.6. The van der Waals surface area contributed by atoms with Gasteiger partial charge in [-0.1, -0.05) is 37.3 Å². The molecular weight excluding hydrogens is 212 g/mol. The van der Waals surface area contributed by atoms with E-state index in [4.69, 9.17) is 10.5 Å². The van der Waals surface area contributed by atoms with Crippen molar-refractivity contribution in [1.82, 2.24) is 4.90 Å². The van der Waals surface area contributed by atoms with E-state index in [1.165, 1.54) is 5.56 Å². The maximum Gasteiger partial charge on any atom is 0.0569 e. The van der Waals surface area contributed by atoms with Gasteiger partial charge in [0, 0.05) is 25.0 Å². The summed E-state index contributed by atoms with van der Waals surface area (Å²) in [7, 11) is 0. The van der Waals surface area contributed by atoms with Crippen molar-refractivity contribution < 1.29 is 4.74 Å². The third kappa shape index (κ3) is 3.06. The van der Waals surface area contributed by atoms with Gasteiger partial charge < -0.3 is 10.5 Å². The van der Waals surface area contributed by atoms with E-state index in [0.29, 0.717) is 0 Å². The molecule has 3 nitrogen and oxygen atoms in total. The molecule has 0 bridgehead atoms. The lowest BCUT2D eigenvalue weighted by molar-refractivity contribution is -0.120. The van der Waals surface area contributed by atoms with Crippen LogP contribution >= 0.6 is 0 Å². The van der Waals surface area contributed by atoms with Gasteiger partial charge in [0.05, 0.1) is 13.2 Å². The van der Waals surface area contributed by atoms with Crippen molar-refractivity contribution in [3.05, 3.63) is 35.9 Å². The van der Waals surface area contributed by atoms with Gasteiger partial charge in [0.15, 0.2) is 0 Å². The van der Waals surface area contributed by atoms with Crippen molar-refractivity contribution in [2.75, 3.05) is 32.8 Å². The van der Waals surface area contributed by atoms with Crippen LogP contribution in [0.1, 0.15) is 12.5 Å². The molecule has 0 amide bonds. The van der Waals surface area contributed by atoms with E-state index in [0.717, 1.165) is 39.4 Å². The van der Waals surface area contributed by atoms with E-state index < -0.39 is 0 Å². The van der Waals surface area contributed by atoms with E-state index in [2.05, 4.69) is 42.2 Å². The van der Waals surface area contributed by atoms with Crippen LogP contribution in [0.15, 0.2) is 30.3 Å². The number of nitrogens with zero attached hydrogens (tertiary/aromatic N) is 1. The highest BCUT2D eigenvalue weighted by Gasteiger charge is 2.38. The first kappa shape index (κ1) is 12.6. The van der Waals surface area contributed by atoms with Crippen LogP contribution in [0.5, 0.6) is 0 Å². The monoisotopic (exact) mass is 234 g/mol. The van der Waals surface area contributed by atoms with Crippen LogP contribution in [0.25, 0.3) is 0 Å². The van der Waals surface area contributed by atoms with Gasteiger partial charge in [0.25, 0.3) is 0 Å². The fourth-order valence-electron chi connectivity index (χ4n) is 2.26. The summed E-state index contributed by atoms with van der Waals surface area (Å²) in [6.45, 7) is 7.64. The summed E-state index contributed by atoms with van der Waals surface area (Å²) >= 11 is 0. The highest BCUT2D eigenvalue weighted by Crippen LogP contribution is 2.27. The van der Waals surface area contributed by atoms with Crippen molar-refractivity contribution in [3.63, 3.8) is 0 Å². The Kier molecular flexibility index (Phi) is 4.15. The second-order valence-corrected chi connectivity index (χ2v) is 4.99. The molecule has 0 radical (unpaired) electrons. The van der Waals surface area contributed by atoms with Gasteiger partial charge in [0.1, 0.15) is 0 Å². The Hall–Kier alpha value is -0.900. The van der Waals surface area contributed by atoms with E-state index in [1.54, 1.807) is 0 Å². The lowest BCUT2D eigenvalue weighted by atomic mass is 9.85. The van der Waals surface area contributed by atoms with E-state index in [1.807, 2.05) is 0 Å². The molecule has 1 aliphatic rings. The average Bonchev–Trinajstić information content (AvgIpc) is 2.33. The largest absolute Gasteiger partial charge is 0.380 e. The summed E-state index contributed by atoms with van der Waals surface area (Å²) in [4.78, 5) is 2.45. The van der Waals surface area contributed by atoms with Crippen LogP contribution in [0, 0.1) is 5.41 Å². The van der Waals surface area contributed by atoms with E-state index >= 15 is 0 Å². The number of nitrogens with two attached hydrogens (primary N) is 1. The van der Waals surface area contributed by atoms with Gasteiger partial charge in [-0.25, -0.2) is 0 Å². The summed E-state index contributed by atoms with van der Waals surface area (Å²) in [5.41, 5.74) is 7.42. The smallest absolute Gasteiger partial charge is 0.0569 e. The first-order valence-electron chi connectivity index (χ1n) is 6.32. The normalized spacial score (nSPS) is 18.1. The second kappa shape index (κ2) is 5.63. The molecule has 2 N–H and O–H groups in total. The molecule has 1 saturated heterocycles. The lowest BCUT2D eigenvalue weighted by Crippen LogP contribution is -2.55. The van der Waals surface area contributed by atoms with Crippen LogP contribution in [-0.2, 0) is 11.3 Å². The summed E-state index contributed by atoms with van der Waals surface area (Å²) < 4.78 is 5.32. The first-order valence-corrected chi connectivity index (χ1v) is 6.32. The van der Waals surface area contributed by atoms with Crippen LogP contribution in [0.3, 0.4) is 0 Å². The molecule has 1 heterocycles. The topological polar surface area (TPSA) is 38.5 Å². The van der Waals surface area contributed by atoms with Crippen molar-refractivity contribution >= 4 is 0 Å². The van der Waals surface area contributed by atoms with Gasteiger partial charge in [0.2, 0.25) is 0 Å². The Labute approximate surface area is 104 Å². The molecule has 0 atom stereocenters. The van der Waals surface area contributed by atoms with Gasteiger partial charge in [-0.15, -0.1) is 0 Å². The Bertz CT molecular complexity index is 330. The van der Waals surface area contributed by atoms with Crippen molar-refractivity contribution in [2.24, 2.45) is 11.1 Å². The molecule has 17 heavy (non-hydrogen) atoms. The third-order valence-electron chi connectivity index (χ3n) is 3.50. The molecule has 1 aromatic carbocycles. The van der Waals surface area contributed by atoms with Gasteiger partial charge in [-0.05, 0) is 12.1 Å².